The number of ketones is 1. The third-order valence-electron chi connectivity index (χ3n) is 3.63. The molecule has 0 fully saturated rings. The number of carboxylic acids is 1. The van der Waals surface area contributed by atoms with Gasteiger partial charge in [-0.1, -0.05) is 66.7 Å². The molecule has 0 saturated carbocycles. The average Bonchev–Trinajstić information content (AvgIpc) is 2.74. The van der Waals surface area contributed by atoms with Gasteiger partial charge in [0.2, 0.25) is 0 Å². The van der Waals surface area contributed by atoms with Gasteiger partial charge in [0.25, 0.3) is 0 Å². The fourth-order valence-electron chi connectivity index (χ4n) is 2.30. The Morgan fingerprint density at radius 2 is 1.11 bits per heavy atom. The first kappa shape index (κ1) is 19.6. The normalized spacial score (nSPS) is 9.52. The topological polar surface area (TPSA) is 80.7 Å². The Bertz CT molecular complexity index is 918. The van der Waals surface area contributed by atoms with Gasteiger partial charge in [-0.15, -0.1) is 0 Å². The summed E-state index contributed by atoms with van der Waals surface area (Å²) in [7, 11) is 1.37. The van der Waals surface area contributed by atoms with Crippen LogP contribution < -0.4 is 0 Å². The largest absolute Gasteiger partial charge is 0.478 e. The van der Waals surface area contributed by atoms with Gasteiger partial charge < -0.3 is 9.84 Å². The zero-order chi connectivity index (χ0) is 19.6. The summed E-state index contributed by atoms with van der Waals surface area (Å²) in [5.41, 5.74) is 1.32. The van der Waals surface area contributed by atoms with Gasteiger partial charge in [0.15, 0.2) is 5.78 Å². The van der Waals surface area contributed by atoms with Crippen LogP contribution >= 0.6 is 0 Å². The molecule has 136 valence electrons. The van der Waals surface area contributed by atoms with Crippen LogP contribution in [0.4, 0.5) is 0 Å². The lowest BCUT2D eigenvalue weighted by Gasteiger charge is -2.04. The van der Waals surface area contributed by atoms with E-state index in [4.69, 9.17) is 5.11 Å². The van der Waals surface area contributed by atoms with Crippen molar-refractivity contribution in [1.29, 1.82) is 0 Å². The smallest absolute Gasteiger partial charge is 0.337 e. The molecule has 27 heavy (non-hydrogen) atoms. The monoisotopic (exact) mass is 362 g/mol. The molecule has 0 bridgehead atoms. The molecule has 0 aliphatic carbocycles. The first-order valence-corrected chi connectivity index (χ1v) is 8.10. The SMILES string of the molecule is COC(=O)c1ccccc1.O=C(O)c1ccccc1C(=O)c1ccccc1. The number of esters is 1. The van der Waals surface area contributed by atoms with Crippen LogP contribution in [-0.4, -0.2) is 29.9 Å². The molecule has 0 atom stereocenters. The molecule has 0 aliphatic rings. The molecule has 0 unspecified atom stereocenters. The maximum absolute atomic E-state index is 12.1. The lowest BCUT2D eigenvalue weighted by molar-refractivity contribution is 0.0599. The van der Waals surface area contributed by atoms with Crippen molar-refractivity contribution in [2.75, 3.05) is 7.11 Å². The van der Waals surface area contributed by atoms with Crippen molar-refractivity contribution in [3.8, 4) is 0 Å². The Labute approximate surface area is 156 Å². The number of methoxy groups -OCH3 is 1. The summed E-state index contributed by atoms with van der Waals surface area (Å²) in [5, 5.41) is 9.01. The predicted octanol–water partition coefficient (Wildman–Crippen LogP) is 4.09. The molecule has 5 heteroatoms. The molecule has 0 radical (unpaired) electrons. The van der Waals surface area contributed by atoms with Crippen molar-refractivity contribution < 1.29 is 24.2 Å². The number of rotatable bonds is 4. The lowest BCUT2D eigenvalue weighted by atomic mass is 9.98. The number of hydrogen-bond donors (Lipinski definition) is 1. The van der Waals surface area contributed by atoms with Crippen LogP contribution in [0.3, 0.4) is 0 Å². The van der Waals surface area contributed by atoms with Gasteiger partial charge in [-0.05, 0) is 18.2 Å². The van der Waals surface area contributed by atoms with Crippen LogP contribution in [0.5, 0.6) is 0 Å². The van der Waals surface area contributed by atoms with E-state index in [1.807, 2.05) is 6.07 Å². The highest BCUT2D eigenvalue weighted by molar-refractivity contribution is 6.14. The first-order valence-electron chi connectivity index (χ1n) is 8.10. The molecule has 3 rings (SSSR count). The van der Waals surface area contributed by atoms with Gasteiger partial charge >= 0.3 is 11.9 Å². The number of carbonyl (C=O) groups excluding carboxylic acids is 2. The summed E-state index contributed by atoms with van der Waals surface area (Å²) in [6.45, 7) is 0. The molecule has 0 heterocycles. The van der Waals surface area contributed by atoms with E-state index in [1.54, 1.807) is 66.7 Å². The molecule has 1 N–H and O–H groups in total. The van der Waals surface area contributed by atoms with E-state index in [0.717, 1.165) is 0 Å². The van der Waals surface area contributed by atoms with E-state index < -0.39 is 5.97 Å². The molecule has 5 nitrogen and oxygen atoms in total. The second-order valence-corrected chi connectivity index (χ2v) is 5.40. The standard InChI is InChI=1S/C14H10O3.C8H8O2/c15-13(10-6-2-1-3-7-10)11-8-4-5-9-12(11)14(16)17;1-10-8(9)7-5-3-2-4-6-7/h1-9H,(H,16,17);2-6H,1H3. The van der Waals surface area contributed by atoms with Crippen molar-refractivity contribution in [3.05, 3.63) is 107 Å². The fourth-order valence-corrected chi connectivity index (χ4v) is 2.30. The summed E-state index contributed by atoms with van der Waals surface area (Å²) >= 11 is 0. The Morgan fingerprint density at radius 1 is 0.667 bits per heavy atom. The van der Waals surface area contributed by atoms with E-state index in [1.165, 1.54) is 19.2 Å². The summed E-state index contributed by atoms with van der Waals surface area (Å²) in [6, 6.07) is 23.7. The van der Waals surface area contributed by atoms with Crippen LogP contribution in [0, 0.1) is 0 Å². The van der Waals surface area contributed by atoms with E-state index in [2.05, 4.69) is 4.74 Å². The molecule has 0 aromatic heterocycles. The quantitative estimate of drug-likeness (QED) is 0.558. The van der Waals surface area contributed by atoms with Crippen LogP contribution in [0.2, 0.25) is 0 Å². The van der Waals surface area contributed by atoms with Crippen LogP contribution in [0.15, 0.2) is 84.9 Å². The van der Waals surface area contributed by atoms with Crippen molar-refractivity contribution in [3.63, 3.8) is 0 Å². The summed E-state index contributed by atoms with van der Waals surface area (Å²) in [6.07, 6.45) is 0. The zero-order valence-electron chi connectivity index (χ0n) is 14.7. The molecule has 0 aliphatic heterocycles. The maximum Gasteiger partial charge on any atom is 0.337 e. The second-order valence-electron chi connectivity index (χ2n) is 5.40. The lowest BCUT2D eigenvalue weighted by Crippen LogP contribution is -2.09. The van der Waals surface area contributed by atoms with Crippen molar-refractivity contribution >= 4 is 17.7 Å². The van der Waals surface area contributed by atoms with Gasteiger partial charge in [-0.3, -0.25) is 4.79 Å². The highest BCUT2D eigenvalue weighted by Gasteiger charge is 2.16. The number of carboxylic acid groups (broad SMARTS) is 1. The molecule has 0 spiro atoms. The molecular weight excluding hydrogens is 344 g/mol. The molecule has 3 aromatic rings. The van der Waals surface area contributed by atoms with Gasteiger partial charge in [0, 0.05) is 11.1 Å². The number of ether oxygens (including phenoxy) is 1. The minimum atomic E-state index is -1.09. The number of carbonyl (C=O) groups is 3. The highest BCUT2D eigenvalue weighted by Crippen LogP contribution is 2.14. The number of benzene rings is 3. The summed E-state index contributed by atoms with van der Waals surface area (Å²) in [4.78, 5) is 33.9. The van der Waals surface area contributed by atoms with E-state index >= 15 is 0 Å². The van der Waals surface area contributed by atoms with Crippen molar-refractivity contribution in [2.24, 2.45) is 0 Å². The van der Waals surface area contributed by atoms with E-state index in [9.17, 15) is 14.4 Å². The van der Waals surface area contributed by atoms with Gasteiger partial charge in [0.1, 0.15) is 0 Å². The fraction of sp³-hybridized carbons (Fsp3) is 0.0455. The van der Waals surface area contributed by atoms with Gasteiger partial charge in [-0.25, -0.2) is 9.59 Å². The Balaban J connectivity index is 0.000000223. The Hall–Kier alpha value is -3.73. The van der Waals surface area contributed by atoms with Crippen LogP contribution in [-0.2, 0) is 4.74 Å². The molecule has 3 aromatic carbocycles. The molecule has 0 saturated heterocycles. The zero-order valence-corrected chi connectivity index (χ0v) is 14.7. The number of aromatic carboxylic acids is 1. The predicted molar refractivity (Wildman–Crippen MR) is 101 cm³/mol. The Morgan fingerprint density at radius 3 is 1.59 bits per heavy atom. The second kappa shape index (κ2) is 9.68. The van der Waals surface area contributed by atoms with E-state index in [0.29, 0.717) is 11.1 Å². The van der Waals surface area contributed by atoms with Gasteiger partial charge in [-0.2, -0.15) is 0 Å². The number of hydrogen-bond acceptors (Lipinski definition) is 4. The van der Waals surface area contributed by atoms with Gasteiger partial charge in [0.05, 0.1) is 18.2 Å². The van der Waals surface area contributed by atoms with E-state index in [-0.39, 0.29) is 22.9 Å². The van der Waals surface area contributed by atoms with Crippen LogP contribution in [0.1, 0.15) is 36.6 Å². The molecule has 0 amide bonds. The van der Waals surface area contributed by atoms with Crippen LogP contribution in [0.25, 0.3) is 0 Å². The minimum absolute atomic E-state index is 0.0290. The highest BCUT2D eigenvalue weighted by atomic mass is 16.5. The summed E-state index contributed by atoms with van der Waals surface area (Å²) in [5.74, 6) is -1.66. The third kappa shape index (κ3) is 5.37. The minimum Gasteiger partial charge on any atom is -0.478 e. The summed E-state index contributed by atoms with van der Waals surface area (Å²) < 4.78 is 4.50. The average molecular weight is 362 g/mol. The first-order chi connectivity index (χ1) is 13.0. The maximum atomic E-state index is 12.1. The third-order valence-corrected chi connectivity index (χ3v) is 3.63. The Kier molecular flexibility index (Phi) is 7.02. The molecular formula is C22H18O5. The van der Waals surface area contributed by atoms with Crippen molar-refractivity contribution in [2.45, 2.75) is 0 Å². The van der Waals surface area contributed by atoms with Crippen molar-refractivity contribution in [1.82, 2.24) is 0 Å².